The summed E-state index contributed by atoms with van der Waals surface area (Å²) >= 11 is 3.20. The molecule has 4 aromatic rings. The van der Waals surface area contributed by atoms with E-state index in [1.807, 2.05) is 29.9 Å². The van der Waals surface area contributed by atoms with Crippen LogP contribution < -0.4 is 0 Å². The third kappa shape index (κ3) is 3.91. The molecule has 1 aromatic carbocycles. The summed E-state index contributed by atoms with van der Waals surface area (Å²) < 4.78 is 1.13. The fourth-order valence-corrected chi connectivity index (χ4v) is 4.45. The molecule has 3 heterocycles. The minimum Gasteiger partial charge on any atom is -0.481 e. The number of aromatic amines is 1. The summed E-state index contributed by atoms with van der Waals surface area (Å²) in [6, 6.07) is 6.19. The number of fused-ring (bicyclic) bond motifs is 1. The first-order valence-electron chi connectivity index (χ1n) is 8.67. The van der Waals surface area contributed by atoms with Gasteiger partial charge in [-0.2, -0.15) is 0 Å². The van der Waals surface area contributed by atoms with E-state index < -0.39 is 5.97 Å². The van der Waals surface area contributed by atoms with Gasteiger partial charge in [0, 0.05) is 29.5 Å². The molecule has 27 heavy (non-hydrogen) atoms. The van der Waals surface area contributed by atoms with Crippen LogP contribution in [0.1, 0.15) is 30.8 Å². The molecule has 0 bridgehead atoms. The highest BCUT2D eigenvalue weighted by atomic mass is 32.1. The minimum atomic E-state index is -0.757. The Morgan fingerprint density at radius 3 is 2.89 bits per heavy atom. The zero-order chi connectivity index (χ0) is 18.8. The van der Waals surface area contributed by atoms with Crippen LogP contribution in [0, 0.1) is 6.92 Å². The second-order valence-corrected chi connectivity index (χ2v) is 8.08. The number of H-pyrrole nitrogens is 1. The van der Waals surface area contributed by atoms with Crippen molar-refractivity contribution >= 4 is 38.9 Å². The van der Waals surface area contributed by atoms with E-state index >= 15 is 0 Å². The predicted molar refractivity (Wildman–Crippen MR) is 108 cm³/mol. The number of nitrogens with zero attached hydrogens (tertiary/aromatic N) is 3. The van der Waals surface area contributed by atoms with Crippen molar-refractivity contribution < 1.29 is 9.90 Å². The van der Waals surface area contributed by atoms with Crippen molar-refractivity contribution in [3.05, 3.63) is 40.6 Å². The van der Waals surface area contributed by atoms with Crippen LogP contribution in [0.2, 0.25) is 0 Å². The zero-order valence-electron chi connectivity index (χ0n) is 14.7. The number of aliphatic carboxylic acids is 1. The number of thiazole rings is 2. The molecule has 0 spiro atoms. The molecule has 0 saturated carbocycles. The molecule has 0 fully saturated rings. The molecule has 2 N–H and O–H groups in total. The van der Waals surface area contributed by atoms with Crippen molar-refractivity contribution in [2.45, 2.75) is 32.6 Å². The van der Waals surface area contributed by atoms with Crippen LogP contribution in [-0.2, 0) is 11.2 Å². The molecule has 0 saturated heterocycles. The third-order valence-electron chi connectivity index (χ3n) is 4.25. The van der Waals surface area contributed by atoms with Crippen molar-refractivity contribution in [3.63, 3.8) is 0 Å². The van der Waals surface area contributed by atoms with E-state index in [0.717, 1.165) is 50.1 Å². The molecule has 0 aliphatic heterocycles. The Kier molecular flexibility index (Phi) is 5.00. The predicted octanol–water partition coefficient (Wildman–Crippen LogP) is 4.92. The van der Waals surface area contributed by atoms with Gasteiger partial charge in [0.1, 0.15) is 16.5 Å². The summed E-state index contributed by atoms with van der Waals surface area (Å²) in [5.74, 6) is 0.106. The molecule has 3 aromatic heterocycles. The Morgan fingerprint density at radius 1 is 1.22 bits per heavy atom. The van der Waals surface area contributed by atoms with Crippen molar-refractivity contribution in [3.8, 4) is 22.0 Å². The minimum absolute atomic E-state index is 0.189. The second kappa shape index (κ2) is 7.58. The number of carbonyl (C=O) groups is 1. The molecule has 138 valence electrons. The second-order valence-electron chi connectivity index (χ2n) is 6.34. The van der Waals surface area contributed by atoms with Crippen LogP contribution in [0.3, 0.4) is 0 Å². The van der Waals surface area contributed by atoms with Crippen LogP contribution in [0.5, 0.6) is 0 Å². The number of aryl methyl sites for hydroxylation is 2. The normalized spacial score (nSPS) is 11.3. The lowest BCUT2D eigenvalue weighted by Crippen LogP contribution is -1.95. The molecule has 0 radical (unpaired) electrons. The average Bonchev–Trinajstić information content (AvgIpc) is 3.36. The van der Waals surface area contributed by atoms with Crippen molar-refractivity contribution in [2.75, 3.05) is 0 Å². The van der Waals surface area contributed by atoms with Crippen LogP contribution in [0.25, 0.3) is 32.2 Å². The quantitative estimate of drug-likeness (QED) is 0.431. The molecule has 6 nitrogen and oxygen atoms in total. The molecule has 0 aliphatic rings. The van der Waals surface area contributed by atoms with Crippen LogP contribution in [0.4, 0.5) is 0 Å². The Labute approximate surface area is 164 Å². The number of nitrogens with one attached hydrogen (secondary N) is 1. The first-order chi connectivity index (χ1) is 13.1. The summed E-state index contributed by atoms with van der Waals surface area (Å²) in [6.07, 6.45) is 2.33. The largest absolute Gasteiger partial charge is 0.481 e. The molecule has 0 aliphatic carbocycles. The van der Waals surface area contributed by atoms with Gasteiger partial charge >= 0.3 is 5.97 Å². The molecular formula is C19H18N4O2S2. The fraction of sp³-hybridized carbons (Fsp3) is 0.263. The molecular weight excluding hydrogens is 380 g/mol. The number of carboxylic acids is 1. The van der Waals surface area contributed by atoms with Gasteiger partial charge in [-0.15, -0.1) is 22.7 Å². The van der Waals surface area contributed by atoms with Crippen molar-refractivity contribution in [1.29, 1.82) is 0 Å². The van der Waals surface area contributed by atoms with Gasteiger partial charge in [0.25, 0.3) is 0 Å². The van der Waals surface area contributed by atoms with Gasteiger partial charge in [-0.25, -0.2) is 15.0 Å². The summed E-state index contributed by atoms with van der Waals surface area (Å²) in [7, 11) is 0. The van der Waals surface area contributed by atoms with Crippen molar-refractivity contribution in [1.82, 2.24) is 19.9 Å². The molecule has 0 amide bonds. The number of unbranched alkanes of at least 4 members (excludes halogenated alkanes) is 1. The van der Waals surface area contributed by atoms with Gasteiger partial charge in [0.05, 0.1) is 21.4 Å². The fourth-order valence-electron chi connectivity index (χ4n) is 2.95. The Hall–Kier alpha value is -2.58. The first kappa shape index (κ1) is 17.8. The first-order valence-corrected chi connectivity index (χ1v) is 10.4. The number of hydrogen-bond acceptors (Lipinski definition) is 6. The van der Waals surface area contributed by atoms with E-state index in [0.29, 0.717) is 12.8 Å². The Balaban J connectivity index is 1.68. The average molecular weight is 399 g/mol. The Bertz CT molecular complexity index is 1100. The van der Waals surface area contributed by atoms with E-state index in [9.17, 15) is 4.79 Å². The summed E-state index contributed by atoms with van der Waals surface area (Å²) in [4.78, 5) is 27.9. The van der Waals surface area contributed by atoms with E-state index in [1.54, 1.807) is 22.7 Å². The molecule has 4 rings (SSSR count). The standard InChI is InChI=1S/C19H18N4O2S2/c1-11-9-26-19(21-11)18-17(12-6-7-13-14(8-12)27-10-20-13)22-15(23-18)4-2-3-5-16(24)25/h6-10H,2-5H2,1H3,(H,22,23)(H,24,25). The highest BCUT2D eigenvalue weighted by Gasteiger charge is 2.17. The number of carboxylic acid groups (broad SMARTS) is 1. The van der Waals surface area contributed by atoms with Gasteiger partial charge in [-0.1, -0.05) is 6.07 Å². The van der Waals surface area contributed by atoms with Gasteiger partial charge in [-0.05, 0) is 31.9 Å². The van der Waals surface area contributed by atoms with Crippen LogP contribution >= 0.6 is 22.7 Å². The summed E-state index contributed by atoms with van der Waals surface area (Å²) in [6.45, 7) is 1.97. The number of hydrogen-bond donors (Lipinski definition) is 2. The maximum Gasteiger partial charge on any atom is 0.303 e. The van der Waals surface area contributed by atoms with Crippen molar-refractivity contribution in [2.24, 2.45) is 0 Å². The number of benzene rings is 1. The smallest absolute Gasteiger partial charge is 0.303 e. The van der Waals surface area contributed by atoms with Gasteiger partial charge < -0.3 is 10.1 Å². The number of rotatable bonds is 7. The summed E-state index contributed by atoms with van der Waals surface area (Å²) in [5, 5.41) is 11.7. The van der Waals surface area contributed by atoms with E-state index in [1.165, 1.54) is 0 Å². The molecule has 8 heteroatoms. The van der Waals surface area contributed by atoms with Gasteiger partial charge in [0.15, 0.2) is 0 Å². The Morgan fingerprint density at radius 2 is 2.11 bits per heavy atom. The van der Waals surface area contributed by atoms with E-state index in [-0.39, 0.29) is 6.42 Å². The molecule has 0 unspecified atom stereocenters. The third-order valence-corrected chi connectivity index (χ3v) is 6.01. The lowest BCUT2D eigenvalue weighted by molar-refractivity contribution is -0.137. The highest BCUT2D eigenvalue weighted by molar-refractivity contribution is 7.16. The van der Waals surface area contributed by atoms with Crippen LogP contribution in [-0.4, -0.2) is 31.0 Å². The topological polar surface area (TPSA) is 91.8 Å². The van der Waals surface area contributed by atoms with Gasteiger partial charge in [0.2, 0.25) is 0 Å². The lowest BCUT2D eigenvalue weighted by Gasteiger charge is -2.01. The van der Waals surface area contributed by atoms with Crippen LogP contribution in [0.15, 0.2) is 29.1 Å². The summed E-state index contributed by atoms with van der Waals surface area (Å²) in [5.41, 5.74) is 6.67. The lowest BCUT2D eigenvalue weighted by atomic mass is 10.1. The van der Waals surface area contributed by atoms with E-state index in [2.05, 4.69) is 21.0 Å². The monoisotopic (exact) mass is 398 g/mol. The highest BCUT2D eigenvalue weighted by Crippen LogP contribution is 2.34. The van der Waals surface area contributed by atoms with E-state index in [4.69, 9.17) is 10.1 Å². The maximum absolute atomic E-state index is 10.7. The SMILES string of the molecule is Cc1csc(-c2nc(CCCCC(=O)O)[nH]c2-c2ccc3ncsc3c2)n1. The maximum atomic E-state index is 10.7. The van der Waals surface area contributed by atoms with Gasteiger partial charge in [-0.3, -0.25) is 4.79 Å². The number of aromatic nitrogens is 4. The number of imidazole rings is 1. The molecule has 0 atom stereocenters. The zero-order valence-corrected chi connectivity index (χ0v) is 16.4.